The number of amides is 1. The molecule has 0 N–H and O–H groups in total. The van der Waals surface area contributed by atoms with Gasteiger partial charge >= 0.3 is 0 Å². The minimum absolute atomic E-state index is 0.100. The van der Waals surface area contributed by atoms with E-state index in [9.17, 15) is 4.79 Å². The molecule has 0 spiro atoms. The smallest absolute Gasteiger partial charge is 0.254 e. The van der Waals surface area contributed by atoms with Gasteiger partial charge in [-0.2, -0.15) is 0 Å². The van der Waals surface area contributed by atoms with Crippen molar-refractivity contribution in [3.05, 3.63) is 53.6 Å². The van der Waals surface area contributed by atoms with Crippen LogP contribution in [-0.2, 0) is 0 Å². The maximum atomic E-state index is 13.2. The number of aryl methyl sites for hydroxylation is 1. The van der Waals surface area contributed by atoms with Crippen LogP contribution in [0.2, 0.25) is 0 Å². The van der Waals surface area contributed by atoms with Gasteiger partial charge in [0.05, 0.1) is 16.8 Å². The van der Waals surface area contributed by atoms with Crippen molar-refractivity contribution in [2.45, 2.75) is 51.4 Å². The zero-order chi connectivity index (χ0) is 19.8. The van der Waals surface area contributed by atoms with Gasteiger partial charge < -0.3 is 4.90 Å². The van der Waals surface area contributed by atoms with Crippen LogP contribution in [0.25, 0.3) is 22.2 Å². The third-order valence-corrected chi connectivity index (χ3v) is 6.28. The highest BCUT2D eigenvalue weighted by molar-refractivity contribution is 6.07. The van der Waals surface area contributed by atoms with Crippen LogP contribution in [0.1, 0.15) is 66.2 Å². The first-order chi connectivity index (χ1) is 14.2. The lowest BCUT2D eigenvalue weighted by Gasteiger charge is -2.17. The van der Waals surface area contributed by atoms with E-state index in [0.29, 0.717) is 5.92 Å². The predicted octanol–water partition coefficient (Wildman–Crippen LogP) is 4.89. The molecule has 1 amide bonds. The second kappa shape index (κ2) is 7.54. The number of aromatic nitrogens is 3. The summed E-state index contributed by atoms with van der Waals surface area (Å²) in [6.07, 6.45) is 10.8. The van der Waals surface area contributed by atoms with Gasteiger partial charge in [0.1, 0.15) is 5.82 Å². The van der Waals surface area contributed by atoms with Crippen LogP contribution in [0.5, 0.6) is 0 Å². The molecule has 5 rings (SSSR count). The molecule has 0 radical (unpaired) electrons. The third-order valence-electron chi connectivity index (χ3n) is 6.28. The maximum Gasteiger partial charge on any atom is 0.254 e. The number of nitrogens with zero attached hydrogens (tertiary/aromatic N) is 4. The van der Waals surface area contributed by atoms with Crippen molar-refractivity contribution >= 4 is 16.8 Å². The summed E-state index contributed by atoms with van der Waals surface area (Å²) in [6, 6.07) is 8.04. The van der Waals surface area contributed by atoms with Crippen molar-refractivity contribution < 1.29 is 4.79 Å². The number of hydrogen-bond acceptors (Lipinski definition) is 4. The number of rotatable bonds is 3. The van der Waals surface area contributed by atoms with Gasteiger partial charge in [0.15, 0.2) is 0 Å². The van der Waals surface area contributed by atoms with Crippen LogP contribution in [0.15, 0.2) is 36.7 Å². The van der Waals surface area contributed by atoms with Gasteiger partial charge in [-0.3, -0.25) is 4.79 Å². The van der Waals surface area contributed by atoms with Gasteiger partial charge in [-0.25, -0.2) is 15.0 Å². The van der Waals surface area contributed by atoms with Crippen molar-refractivity contribution in [2.75, 3.05) is 13.1 Å². The first-order valence-electron chi connectivity index (χ1n) is 10.7. The molecule has 5 heteroatoms. The van der Waals surface area contributed by atoms with Crippen molar-refractivity contribution in [1.29, 1.82) is 0 Å². The molecule has 2 aromatic heterocycles. The molecule has 2 fully saturated rings. The molecule has 0 atom stereocenters. The summed E-state index contributed by atoms with van der Waals surface area (Å²) in [6.45, 7) is 3.72. The van der Waals surface area contributed by atoms with Gasteiger partial charge in [-0.15, -0.1) is 0 Å². The molecular weight excluding hydrogens is 360 g/mol. The van der Waals surface area contributed by atoms with Crippen molar-refractivity contribution in [1.82, 2.24) is 19.9 Å². The normalized spacial score (nSPS) is 17.3. The minimum atomic E-state index is 0.100. The van der Waals surface area contributed by atoms with Crippen LogP contribution in [0.3, 0.4) is 0 Å². The Kier molecular flexibility index (Phi) is 4.74. The number of likely N-dealkylation sites (tertiary alicyclic amines) is 1. The second-order valence-electron chi connectivity index (χ2n) is 8.39. The van der Waals surface area contributed by atoms with Gasteiger partial charge in [-0.1, -0.05) is 25.0 Å². The molecule has 3 aromatic rings. The van der Waals surface area contributed by atoms with Crippen molar-refractivity contribution in [3.63, 3.8) is 0 Å². The molecule has 148 valence electrons. The monoisotopic (exact) mass is 386 g/mol. The Labute approximate surface area is 171 Å². The van der Waals surface area contributed by atoms with Crippen LogP contribution < -0.4 is 0 Å². The Morgan fingerprint density at radius 2 is 1.72 bits per heavy atom. The standard InChI is InChI=1S/C24H26N4O/c1-16-8-9-19-20(24(29)28-10-4-5-11-28)13-21(27-22(19)12-16)18-14-25-23(26-15-18)17-6-2-3-7-17/h8-9,12-15,17H,2-7,10-11H2,1H3. The quantitative estimate of drug-likeness (QED) is 0.643. The van der Waals surface area contributed by atoms with E-state index < -0.39 is 0 Å². The first kappa shape index (κ1) is 18.2. The summed E-state index contributed by atoms with van der Waals surface area (Å²) in [7, 11) is 0. The van der Waals surface area contributed by atoms with Crippen molar-refractivity contribution in [3.8, 4) is 11.3 Å². The van der Waals surface area contributed by atoms with Gasteiger partial charge in [-0.05, 0) is 50.3 Å². The molecule has 1 saturated heterocycles. The lowest BCUT2D eigenvalue weighted by Crippen LogP contribution is -2.27. The lowest BCUT2D eigenvalue weighted by atomic mass is 10.0. The molecular formula is C24H26N4O. The van der Waals surface area contributed by atoms with Gasteiger partial charge in [0.2, 0.25) is 0 Å². The lowest BCUT2D eigenvalue weighted by molar-refractivity contribution is 0.0794. The van der Waals surface area contributed by atoms with E-state index in [1.165, 1.54) is 25.7 Å². The predicted molar refractivity (Wildman–Crippen MR) is 114 cm³/mol. The van der Waals surface area contributed by atoms with E-state index in [4.69, 9.17) is 4.98 Å². The maximum absolute atomic E-state index is 13.2. The molecule has 0 bridgehead atoms. The number of benzene rings is 1. The first-order valence-corrected chi connectivity index (χ1v) is 10.7. The summed E-state index contributed by atoms with van der Waals surface area (Å²) < 4.78 is 0. The molecule has 2 aliphatic rings. The highest BCUT2D eigenvalue weighted by Crippen LogP contribution is 2.33. The largest absolute Gasteiger partial charge is 0.339 e. The topological polar surface area (TPSA) is 59.0 Å². The number of carbonyl (C=O) groups excluding carboxylic acids is 1. The molecule has 29 heavy (non-hydrogen) atoms. The Morgan fingerprint density at radius 1 is 1.00 bits per heavy atom. The number of carbonyl (C=O) groups is 1. The molecule has 1 saturated carbocycles. The summed E-state index contributed by atoms with van der Waals surface area (Å²) in [5.41, 5.74) is 4.35. The fraction of sp³-hybridized carbons (Fsp3) is 0.417. The van der Waals surface area contributed by atoms with E-state index in [-0.39, 0.29) is 5.91 Å². The van der Waals surface area contributed by atoms with Crippen molar-refractivity contribution in [2.24, 2.45) is 0 Å². The molecule has 0 unspecified atom stereocenters. The Balaban J connectivity index is 1.57. The summed E-state index contributed by atoms with van der Waals surface area (Å²) in [5, 5.41) is 0.916. The Morgan fingerprint density at radius 3 is 2.45 bits per heavy atom. The van der Waals surface area contributed by atoms with E-state index in [1.54, 1.807) is 0 Å². The highest BCUT2D eigenvalue weighted by atomic mass is 16.2. The Bertz CT molecular complexity index is 1050. The SMILES string of the molecule is Cc1ccc2c(C(=O)N3CCCC3)cc(-c3cnc(C4CCCC4)nc3)nc2c1. The van der Waals surface area contributed by atoms with E-state index in [2.05, 4.69) is 16.9 Å². The van der Waals surface area contributed by atoms with E-state index in [1.807, 2.05) is 41.6 Å². The van der Waals surface area contributed by atoms with Crippen LogP contribution >= 0.6 is 0 Å². The zero-order valence-electron chi connectivity index (χ0n) is 16.9. The van der Waals surface area contributed by atoms with Crippen LogP contribution in [0, 0.1) is 6.92 Å². The molecule has 1 aromatic carbocycles. The summed E-state index contributed by atoms with van der Waals surface area (Å²) in [4.78, 5) is 29.3. The average molecular weight is 386 g/mol. The van der Waals surface area contributed by atoms with Gasteiger partial charge in [0, 0.05) is 42.4 Å². The summed E-state index contributed by atoms with van der Waals surface area (Å²) in [5.74, 6) is 1.53. The molecule has 3 heterocycles. The van der Waals surface area contributed by atoms with E-state index >= 15 is 0 Å². The third kappa shape index (κ3) is 3.50. The number of fused-ring (bicyclic) bond motifs is 1. The second-order valence-corrected chi connectivity index (χ2v) is 8.39. The van der Waals surface area contributed by atoms with Gasteiger partial charge in [0.25, 0.3) is 5.91 Å². The molecule has 5 nitrogen and oxygen atoms in total. The molecule has 1 aliphatic carbocycles. The van der Waals surface area contributed by atoms with Crippen LogP contribution in [0.4, 0.5) is 0 Å². The minimum Gasteiger partial charge on any atom is -0.339 e. The summed E-state index contributed by atoms with van der Waals surface area (Å²) >= 11 is 0. The molecule has 1 aliphatic heterocycles. The fourth-order valence-electron chi connectivity index (χ4n) is 4.62. The highest BCUT2D eigenvalue weighted by Gasteiger charge is 2.23. The van der Waals surface area contributed by atoms with E-state index in [0.717, 1.165) is 65.0 Å². The fourth-order valence-corrected chi connectivity index (χ4v) is 4.62. The number of pyridine rings is 1. The zero-order valence-corrected chi connectivity index (χ0v) is 16.9. The average Bonchev–Trinajstić information content (AvgIpc) is 3.46. The Hall–Kier alpha value is -2.82. The number of hydrogen-bond donors (Lipinski definition) is 0. The van der Waals surface area contributed by atoms with Crippen LogP contribution in [-0.4, -0.2) is 38.8 Å².